The van der Waals surface area contributed by atoms with E-state index in [0.717, 1.165) is 16.0 Å². The van der Waals surface area contributed by atoms with Crippen LogP contribution in [0.2, 0.25) is 5.02 Å². The zero-order valence-corrected chi connectivity index (χ0v) is 17.7. The van der Waals surface area contributed by atoms with Gasteiger partial charge in [-0.3, -0.25) is 14.4 Å². The molecule has 3 amide bonds. The number of aryl methyl sites for hydroxylation is 2. The molecule has 0 unspecified atom stereocenters. The van der Waals surface area contributed by atoms with Gasteiger partial charge in [-0.2, -0.15) is 0 Å². The van der Waals surface area contributed by atoms with Gasteiger partial charge >= 0.3 is 0 Å². The number of rotatable bonds is 5. The van der Waals surface area contributed by atoms with Gasteiger partial charge in [-0.1, -0.05) is 41.9 Å². The fraction of sp³-hybridized carbons (Fsp3) is 0.125. The minimum absolute atomic E-state index is 0.161. The number of para-hydroxylation sites is 1. The van der Waals surface area contributed by atoms with Gasteiger partial charge in [-0.25, -0.2) is 4.90 Å². The number of halogens is 1. The molecule has 1 aliphatic heterocycles. The van der Waals surface area contributed by atoms with Crippen molar-refractivity contribution in [1.29, 1.82) is 0 Å². The molecule has 0 saturated carbocycles. The molecule has 1 aliphatic rings. The van der Waals surface area contributed by atoms with Gasteiger partial charge in [0.1, 0.15) is 5.75 Å². The van der Waals surface area contributed by atoms with Gasteiger partial charge in [0.05, 0.1) is 27.5 Å². The summed E-state index contributed by atoms with van der Waals surface area (Å²) in [4.78, 5) is 39.5. The summed E-state index contributed by atoms with van der Waals surface area (Å²) in [7, 11) is 0. The first kappa shape index (κ1) is 20.6. The molecule has 0 fully saturated rings. The zero-order valence-electron chi connectivity index (χ0n) is 16.9. The molecule has 1 heterocycles. The van der Waals surface area contributed by atoms with E-state index in [2.05, 4.69) is 5.32 Å². The summed E-state index contributed by atoms with van der Waals surface area (Å²) in [5, 5.41) is 3.10. The fourth-order valence-electron chi connectivity index (χ4n) is 3.61. The Morgan fingerprint density at radius 1 is 1.00 bits per heavy atom. The molecule has 0 radical (unpaired) electrons. The molecule has 0 saturated heterocycles. The first-order valence-corrected chi connectivity index (χ1v) is 10.0. The van der Waals surface area contributed by atoms with Crippen LogP contribution in [0.15, 0.2) is 60.7 Å². The molecule has 3 aromatic carbocycles. The number of hydrogen-bond donors (Lipinski definition) is 1. The molecule has 0 atom stereocenters. The van der Waals surface area contributed by atoms with Gasteiger partial charge in [0.25, 0.3) is 17.7 Å². The highest BCUT2D eigenvalue weighted by molar-refractivity contribution is 6.36. The number of amides is 3. The standard InChI is InChI=1S/C24H19ClN2O4/c1-14-11-15(2)22(18(25)12-14)31-13-20(28)26-19-10-6-9-17-21(19)24(30)27(23(17)29)16-7-4-3-5-8-16/h3-12H,13H2,1-2H3,(H,26,28). The Labute approximate surface area is 184 Å². The summed E-state index contributed by atoms with van der Waals surface area (Å²) in [6, 6.07) is 17.1. The second-order valence-corrected chi connectivity index (χ2v) is 7.65. The van der Waals surface area contributed by atoms with Crippen LogP contribution in [0.4, 0.5) is 11.4 Å². The lowest BCUT2D eigenvalue weighted by molar-refractivity contribution is -0.118. The van der Waals surface area contributed by atoms with Gasteiger partial charge in [0.2, 0.25) is 0 Å². The van der Waals surface area contributed by atoms with Crippen molar-refractivity contribution in [2.24, 2.45) is 0 Å². The number of hydrogen-bond acceptors (Lipinski definition) is 4. The monoisotopic (exact) mass is 434 g/mol. The maximum Gasteiger partial charge on any atom is 0.268 e. The normalized spacial score (nSPS) is 12.7. The lowest BCUT2D eigenvalue weighted by atomic mass is 10.1. The van der Waals surface area contributed by atoms with E-state index >= 15 is 0 Å². The second kappa shape index (κ2) is 8.24. The predicted molar refractivity (Wildman–Crippen MR) is 119 cm³/mol. The Hall–Kier alpha value is -3.64. The van der Waals surface area contributed by atoms with Gasteiger partial charge in [0, 0.05) is 0 Å². The molecule has 7 heteroatoms. The van der Waals surface area contributed by atoms with E-state index in [1.807, 2.05) is 19.9 Å². The van der Waals surface area contributed by atoms with Gasteiger partial charge in [-0.15, -0.1) is 0 Å². The molecule has 0 aliphatic carbocycles. The van der Waals surface area contributed by atoms with E-state index in [1.165, 1.54) is 0 Å². The van der Waals surface area contributed by atoms with Crippen molar-refractivity contribution < 1.29 is 19.1 Å². The lowest BCUT2D eigenvalue weighted by Gasteiger charge is -2.14. The van der Waals surface area contributed by atoms with Gasteiger partial charge < -0.3 is 10.1 Å². The number of ether oxygens (including phenoxy) is 1. The maximum absolute atomic E-state index is 13.0. The van der Waals surface area contributed by atoms with E-state index in [9.17, 15) is 14.4 Å². The van der Waals surface area contributed by atoms with Gasteiger partial charge in [0.15, 0.2) is 6.61 Å². The molecule has 156 valence electrons. The number of anilines is 2. The van der Waals surface area contributed by atoms with Crippen LogP contribution >= 0.6 is 11.6 Å². The minimum Gasteiger partial charge on any atom is -0.482 e. The topological polar surface area (TPSA) is 75.7 Å². The number of fused-ring (bicyclic) bond motifs is 1. The minimum atomic E-state index is -0.486. The molecule has 0 aromatic heterocycles. The Balaban J connectivity index is 1.54. The molecule has 1 N–H and O–H groups in total. The summed E-state index contributed by atoms with van der Waals surface area (Å²) in [6.45, 7) is 3.47. The van der Waals surface area contributed by atoms with Crippen LogP contribution in [0.25, 0.3) is 0 Å². The van der Waals surface area contributed by atoms with E-state index in [4.69, 9.17) is 16.3 Å². The largest absolute Gasteiger partial charge is 0.482 e. The highest BCUT2D eigenvalue weighted by Crippen LogP contribution is 2.33. The number of imide groups is 1. The maximum atomic E-state index is 13.0. The third-order valence-corrected chi connectivity index (χ3v) is 5.21. The highest BCUT2D eigenvalue weighted by Gasteiger charge is 2.38. The first-order chi connectivity index (χ1) is 14.9. The van der Waals surface area contributed by atoms with E-state index in [0.29, 0.717) is 16.5 Å². The molecule has 3 aromatic rings. The van der Waals surface area contributed by atoms with E-state index < -0.39 is 17.7 Å². The quantitative estimate of drug-likeness (QED) is 0.586. The van der Waals surface area contributed by atoms with Crippen LogP contribution in [0.1, 0.15) is 31.8 Å². The summed E-state index contributed by atoms with van der Waals surface area (Å²) in [6.07, 6.45) is 0. The third-order valence-electron chi connectivity index (χ3n) is 4.92. The Morgan fingerprint density at radius 2 is 1.74 bits per heavy atom. The SMILES string of the molecule is Cc1cc(C)c(OCC(=O)Nc2cccc3c2C(=O)N(c2ccccc2)C3=O)c(Cl)c1. The van der Waals surface area contributed by atoms with Crippen molar-refractivity contribution in [3.63, 3.8) is 0 Å². The summed E-state index contributed by atoms with van der Waals surface area (Å²) in [5.74, 6) is -0.953. The number of nitrogens with one attached hydrogen (secondary N) is 1. The van der Waals surface area contributed by atoms with Crippen molar-refractivity contribution in [3.05, 3.63) is 87.9 Å². The molecular formula is C24H19ClN2O4. The molecule has 0 bridgehead atoms. The highest BCUT2D eigenvalue weighted by atomic mass is 35.5. The first-order valence-electron chi connectivity index (χ1n) is 9.63. The number of carbonyl (C=O) groups excluding carboxylic acids is 3. The second-order valence-electron chi connectivity index (χ2n) is 7.24. The Kier molecular flexibility index (Phi) is 5.48. The lowest BCUT2D eigenvalue weighted by Crippen LogP contribution is -2.29. The average Bonchev–Trinajstić information content (AvgIpc) is 2.99. The van der Waals surface area contributed by atoms with Crippen LogP contribution in [0.5, 0.6) is 5.75 Å². The van der Waals surface area contributed by atoms with Crippen molar-refractivity contribution in [2.45, 2.75) is 13.8 Å². The molecular weight excluding hydrogens is 416 g/mol. The summed E-state index contributed by atoms with van der Waals surface area (Å²) in [5.41, 5.74) is 2.94. The van der Waals surface area contributed by atoms with Crippen molar-refractivity contribution in [2.75, 3.05) is 16.8 Å². The molecule has 4 rings (SSSR count). The van der Waals surface area contributed by atoms with E-state index in [1.54, 1.807) is 54.6 Å². The molecule has 0 spiro atoms. The van der Waals surface area contributed by atoms with Crippen LogP contribution in [0, 0.1) is 13.8 Å². The van der Waals surface area contributed by atoms with Crippen LogP contribution in [0.3, 0.4) is 0 Å². The number of nitrogens with zero attached hydrogens (tertiary/aromatic N) is 1. The predicted octanol–water partition coefficient (Wildman–Crippen LogP) is 4.77. The zero-order chi connectivity index (χ0) is 22.1. The van der Waals surface area contributed by atoms with Crippen LogP contribution in [-0.4, -0.2) is 24.3 Å². The van der Waals surface area contributed by atoms with Crippen molar-refractivity contribution >= 4 is 40.7 Å². The van der Waals surface area contributed by atoms with Gasteiger partial charge in [-0.05, 0) is 55.3 Å². The Bertz CT molecular complexity index is 1180. The summed E-state index contributed by atoms with van der Waals surface area (Å²) < 4.78 is 5.61. The smallest absolute Gasteiger partial charge is 0.268 e. The Morgan fingerprint density at radius 3 is 2.45 bits per heavy atom. The average molecular weight is 435 g/mol. The molecule has 6 nitrogen and oxygen atoms in total. The van der Waals surface area contributed by atoms with Crippen molar-refractivity contribution in [1.82, 2.24) is 0 Å². The number of carbonyl (C=O) groups is 3. The third kappa shape index (κ3) is 3.90. The van der Waals surface area contributed by atoms with Crippen LogP contribution < -0.4 is 15.0 Å². The van der Waals surface area contributed by atoms with Crippen LogP contribution in [-0.2, 0) is 4.79 Å². The molecule has 31 heavy (non-hydrogen) atoms. The number of benzene rings is 3. The van der Waals surface area contributed by atoms with E-state index in [-0.39, 0.29) is 23.4 Å². The van der Waals surface area contributed by atoms with Crippen molar-refractivity contribution in [3.8, 4) is 5.75 Å². The fourth-order valence-corrected chi connectivity index (χ4v) is 3.99. The summed E-state index contributed by atoms with van der Waals surface area (Å²) >= 11 is 6.22.